The van der Waals surface area contributed by atoms with Crippen molar-refractivity contribution in [2.75, 3.05) is 0 Å². The highest BCUT2D eigenvalue weighted by molar-refractivity contribution is 5.32. The van der Waals surface area contributed by atoms with Gasteiger partial charge in [0.2, 0.25) is 11.7 Å². The van der Waals surface area contributed by atoms with E-state index in [-0.39, 0.29) is 12.4 Å². The number of halogens is 1. The highest BCUT2D eigenvalue weighted by Gasteiger charge is 2.05. The van der Waals surface area contributed by atoms with E-state index in [0.29, 0.717) is 17.5 Å². The Morgan fingerprint density at radius 1 is 1.38 bits per heavy atom. The highest BCUT2D eigenvalue weighted by atomic mass is 19.1. The molecule has 0 saturated carbocycles. The third kappa shape index (κ3) is 2.36. The summed E-state index contributed by atoms with van der Waals surface area (Å²) in [6.07, 6.45) is 0. The van der Waals surface area contributed by atoms with Crippen LogP contribution in [0.3, 0.4) is 0 Å². The molecule has 0 aliphatic heterocycles. The highest BCUT2D eigenvalue weighted by Crippen LogP contribution is 2.19. The van der Waals surface area contributed by atoms with Crippen LogP contribution in [0, 0.1) is 19.7 Å². The molecule has 84 valence electrons. The number of ether oxygens (including phenoxy) is 1. The van der Waals surface area contributed by atoms with Gasteiger partial charge in [-0.3, -0.25) is 0 Å². The van der Waals surface area contributed by atoms with Gasteiger partial charge < -0.3 is 9.26 Å². The first-order chi connectivity index (χ1) is 7.65. The van der Waals surface area contributed by atoms with Gasteiger partial charge in [-0.15, -0.1) is 0 Å². The van der Waals surface area contributed by atoms with Crippen LogP contribution in [0.5, 0.6) is 5.75 Å². The lowest BCUT2D eigenvalue weighted by atomic mass is 10.2. The Kier molecular flexibility index (Phi) is 2.85. The van der Waals surface area contributed by atoms with E-state index in [9.17, 15) is 4.39 Å². The molecule has 0 amide bonds. The second-order valence-electron chi connectivity index (χ2n) is 3.43. The third-order valence-electron chi connectivity index (χ3n) is 2.08. The molecular weight excluding hydrogens is 211 g/mol. The van der Waals surface area contributed by atoms with Crippen molar-refractivity contribution in [3.63, 3.8) is 0 Å². The van der Waals surface area contributed by atoms with Crippen LogP contribution in [0.1, 0.15) is 17.3 Å². The lowest BCUT2D eigenvalue weighted by Crippen LogP contribution is -1.99. The summed E-state index contributed by atoms with van der Waals surface area (Å²) < 4.78 is 23.1. The second-order valence-corrected chi connectivity index (χ2v) is 3.43. The molecule has 2 rings (SSSR count). The van der Waals surface area contributed by atoms with Gasteiger partial charge in [0.25, 0.3) is 0 Å². The van der Waals surface area contributed by atoms with Crippen molar-refractivity contribution in [1.29, 1.82) is 0 Å². The minimum atomic E-state index is -0.329. The van der Waals surface area contributed by atoms with Crippen molar-refractivity contribution in [2.24, 2.45) is 0 Å². The summed E-state index contributed by atoms with van der Waals surface area (Å²) >= 11 is 0. The average Bonchev–Trinajstić information content (AvgIpc) is 2.66. The molecule has 0 unspecified atom stereocenters. The van der Waals surface area contributed by atoms with Crippen LogP contribution < -0.4 is 4.74 Å². The molecule has 0 saturated heterocycles. The first-order valence-corrected chi connectivity index (χ1v) is 4.83. The molecule has 0 spiro atoms. The lowest BCUT2D eigenvalue weighted by molar-refractivity contribution is 0.282. The molecule has 0 atom stereocenters. The lowest BCUT2D eigenvalue weighted by Gasteiger charge is -2.06. The molecule has 4 nitrogen and oxygen atoms in total. The molecule has 2 aromatic rings. The predicted octanol–water partition coefficient (Wildman–Crippen LogP) is 2.40. The molecule has 0 aliphatic carbocycles. The van der Waals surface area contributed by atoms with Crippen molar-refractivity contribution in [3.8, 4) is 5.75 Å². The van der Waals surface area contributed by atoms with Gasteiger partial charge in [0.15, 0.2) is 6.61 Å². The van der Waals surface area contributed by atoms with E-state index in [4.69, 9.17) is 9.26 Å². The maximum Gasteiger partial charge on any atom is 0.223 e. The third-order valence-corrected chi connectivity index (χ3v) is 2.08. The molecule has 1 aromatic heterocycles. The Bertz CT molecular complexity index is 496. The zero-order chi connectivity index (χ0) is 11.5. The number of benzene rings is 1. The largest absolute Gasteiger partial charge is 0.485 e. The molecule has 0 bridgehead atoms. The van der Waals surface area contributed by atoms with Crippen molar-refractivity contribution in [1.82, 2.24) is 10.1 Å². The van der Waals surface area contributed by atoms with Gasteiger partial charge in [-0.2, -0.15) is 4.98 Å². The van der Waals surface area contributed by atoms with Crippen LogP contribution in [-0.2, 0) is 6.61 Å². The number of rotatable bonds is 3. The van der Waals surface area contributed by atoms with Gasteiger partial charge in [-0.1, -0.05) is 11.2 Å². The number of aryl methyl sites for hydroxylation is 2. The summed E-state index contributed by atoms with van der Waals surface area (Å²) in [5.74, 6) is 1.09. The van der Waals surface area contributed by atoms with E-state index >= 15 is 0 Å². The van der Waals surface area contributed by atoms with E-state index in [0.717, 1.165) is 5.56 Å². The van der Waals surface area contributed by atoms with Crippen LogP contribution in [0.2, 0.25) is 0 Å². The van der Waals surface area contributed by atoms with Crippen molar-refractivity contribution < 1.29 is 13.7 Å². The van der Waals surface area contributed by atoms with E-state index in [1.165, 1.54) is 12.1 Å². The number of aromatic nitrogens is 2. The van der Waals surface area contributed by atoms with E-state index < -0.39 is 0 Å². The number of nitrogens with zero attached hydrogens (tertiary/aromatic N) is 2. The summed E-state index contributed by atoms with van der Waals surface area (Å²) in [7, 11) is 0. The SMILES string of the molecule is Cc1nc(COc2cc(F)ccc2C)no1. The van der Waals surface area contributed by atoms with Crippen LogP contribution in [0.4, 0.5) is 4.39 Å². The minimum absolute atomic E-state index is 0.168. The normalized spacial score (nSPS) is 10.4. The molecule has 5 heteroatoms. The summed E-state index contributed by atoms with van der Waals surface area (Å²) in [5, 5.41) is 3.68. The van der Waals surface area contributed by atoms with E-state index in [1.807, 2.05) is 6.92 Å². The summed E-state index contributed by atoms with van der Waals surface area (Å²) in [5.41, 5.74) is 0.863. The molecule has 1 heterocycles. The van der Waals surface area contributed by atoms with Gasteiger partial charge in [-0.25, -0.2) is 4.39 Å². The molecule has 0 N–H and O–H groups in total. The smallest absolute Gasteiger partial charge is 0.223 e. The average molecular weight is 222 g/mol. The maximum absolute atomic E-state index is 12.9. The second kappa shape index (κ2) is 4.30. The Morgan fingerprint density at radius 3 is 2.88 bits per heavy atom. The quantitative estimate of drug-likeness (QED) is 0.800. The van der Waals surface area contributed by atoms with Crippen LogP contribution in [0.25, 0.3) is 0 Å². The Balaban J connectivity index is 2.07. The zero-order valence-corrected chi connectivity index (χ0v) is 9.03. The van der Waals surface area contributed by atoms with Crippen molar-refractivity contribution in [3.05, 3.63) is 41.3 Å². The van der Waals surface area contributed by atoms with E-state index in [1.54, 1.807) is 13.0 Å². The van der Waals surface area contributed by atoms with Gasteiger partial charge in [0, 0.05) is 13.0 Å². The molecule has 0 fully saturated rings. The van der Waals surface area contributed by atoms with Gasteiger partial charge >= 0.3 is 0 Å². The molecule has 16 heavy (non-hydrogen) atoms. The van der Waals surface area contributed by atoms with E-state index in [2.05, 4.69) is 10.1 Å². The Morgan fingerprint density at radius 2 is 2.19 bits per heavy atom. The van der Waals surface area contributed by atoms with Crippen LogP contribution in [0.15, 0.2) is 22.7 Å². The fourth-order valence-corrected chi connectivity index (χ4v) is 1.27. The van der Waals surface area contributed by atoms with Gasteiger partial charge in [-0.05, 0) is 18.6 Å². The molecule has 1 aromatic carbocycles. The Hall–Kier alpha value is -1.91. The van der Waals surface area contributed by atoms with Gasteiger partial charge in [0.05, 0.1) is 0 Å². The molecule has 0 aliphatic rings. The summed E-state index contributed by atoms with van der Waals surface area (Å²) in [4.78, 5) is 3.98. The standard InChI is InChI=1S/C11H11FN2O2/c1-7-3-4-9(12)5-10(7)15-6-11-13-8(2)16-14-11/h3-5H,6H2,1-2H3. The first kappa shape index (κ1) is 10.6. The van der Waals surface area contributed by atoms with Gasteiger partial charge in [0.1, 0.15) is 11.6 Å². The summed E-state index contributed by atoms with van der Waals surface area (Å²) in [6, 6.07) is 4.38. The van der Waals surface area contributed by atoms with Crippen molar-refractivity contribution >= 4 is 0 Å². The topological polar surface area (TPSA) is 48.2 Å². The predicted molar refractivity (Wildman–Crippen MR) is 54.5 cm³/mol. The van der Waals surface area contributed by atoms with Crippen LogP contribution >= 0.6 is 0 Å². The monoisotopic (exact) mass is 222 g/mol. The van der Waals surface area contributed by atoms with Crippen molar-refractivity contribution in [2.45, 2.75) is 20.5 Å². The molecular formula is C11H11FN2O2. The fourth-order valence-electron chi connectivity index (χ4n) is 1.27. The Labute approximate surface area is 92.0 Å². The fraction of sp³-hybridized carbons (Fsp3) is 0.273. The van der Waals surface area contributed by atoms with Crippen LogP contribution in [-0.4, -0.2) is 10.1 Å². The minimum Gasteiger partial charge on any atom is -0.485 e. The zero-order valence-electron chi connectivity index (χ0n) is 9.03. The first-order valence-electron chi connectivity index (χ1n) is 4.83. The number of hydrogen-bond acceptors (Lipinski definition) is 4. The summed E-state index contributed by atoms with van der Waals surface area (Å²) in [6.45, 7) is 3.71. The maximum atomic E-state index is 12.9. The number of hydrogen-bond donors (Lipinski definition) is 0. The molecule has 0 radical (unpaired) electrons.